The van der Waals surface area contributed by atoms with Gasteiger partial charge >= 0.3 is 5.97 Å². The van der Waals surface area contributed by atoms with Crippen LogP contribution in [0, 0.1) is 17.6 Å². The van der Waals surface area contributed by atoms with Gasteiger partial charge < -0.3 is 4.74 Å². The number of halogens is 2. The average molecular weight is 344 g/mol. The largest absolute Gasteiger partial charge is 0.420 e. The van der Waals surface area contributed by atoms with Gasteiger partial charge in [0.15, 0.2) is 11.6 Å². The highest BCUT2D eigenvalue weighted by Crippen LogP contribution is 2.38. The van der Waals surface area contributed by atoms with Gasteiger partial charge in [0.25, 0.3) is 0 Å². The highest BCUT2D eigenvalue weighted by molar-refractivity contribution is 5.91. The van der Waals surface area contributed by atoms with Crippen LogP contribution in [-0.4, -0.2) is 5.97 Å². The van der Waals surface area contributed by atoms with Crippen LogP contribution < -0.4 is 4.74 Å². The van der Waals surface area contributed by atoms with E-state index in [4.69, 9.17) is 4.74 Å². The third-order valence-electron chi connectivity index (χ3n) is 5.13. The second-order valence-electron chi connectivity index (χ2n) is 6.71. The molecule has 1 fully saturated rings. The van der Waals surface area contributed by atoms with Crippen LogP contribution in [0.5, 0.6) is 5.75 Å². The zero-order valence-corrected chi connectivity index (χ0v) is 14.3. The van der Waals surface area contributed by atoms with Gasteiger partial charge in [0.1, 0.15) is 5.82 Å². The highest BCUT2D eigenvalue weighted by Gasteiger charge is 2.22. The second-order valence-corrected chi connectivity index (χ2v) is 6.71. The number of hydrogen-bond acceptors (Lipinski definition) is 2. The van der Waals surface area contributed by atoms with Crippen LogP contribution in [0.15, 0.2) is 42.5 Å². The molecule has 1 aliphatic carbocycles. The molecule has 3 rings (SSSR count). The molecule has 0 spiro atoms. The van der Waals surface area contributed by atoms with E-state index in [0.29, 0.717) is 5.92 Å². The number of carbonyl (C=O) groups excluding carboxylic acids is 1. The Morgan fingerprint density at radius 2 is 1.72 bits per heavy atom. The van der Waals surface area contributed by atoms with E-state index in [0.717, 1.165) is 24.3 Å². The Hall–Kier alpha value is -2.23. The predicted molar refractivity (Wildman–Crippen MR) is 92.7 cm³/mol. The molecule has 1 aliphatic rings. The molecular weight excluding hydrogens is 322 g/mol. The minimum atomic E-state index is -0.699. The van der Waals surface area contributed by atoms with Crippen LogP contribution in [0.4, 0.5) is 8.78 Å². The average Bonchev–Trinajstić information content (AvgIpc) is 2.64. The molecule has 0 atom stereocenters. The summed E-state index contributed by atoms with van der Waals surface area (Å²) in [4.78, 5) is 12.0. The van der Waals surface area contributed by atoms with Crippen molar-refractivity contribution in [1.82, 2.24) is 0 Å². The van der Waals surface area contributed by atoms with Gasteiger partial charge in [-0.05, 0) is 79.5 Å². The zero-order valence-electron chi connectivity index (χ0n) is 14.3. The molecule has 0 aromatic heterocycles. The van der Waals surface area contributed by atoms with Gasteiger partial charge in [0, 0.05) is 0 Å². The number of hydrogen-bond donors (Lipinski definition) is 0. The summed E-state index contributed by atoms with van der Waals surface area (Å²) in [6.45, 7) is 2.22. The van der Waals surface area contributed by atoms with Crippen LogP contribution in [0.3, 0.4) is 0 Å². The lowest BCUT2D eigenvalue weighted by Crippen LogP contribution is -2.13. The maximum absolute atomic E-state index is 14.4. The highest BCUT2D eigenvalue weighted by atomic mass is 19.1. The second kappa shape index (κ2) is 7.77. The van der Waals surface area contributed by atoms with E-state index in [2.05, 4.69) is 6.92 Å². The van der Waals surface area contributed by atoms with Crippen molar-refractivity contribution in [3.05, 3.63) is 65.2 Å². The normalized spacial score (nSPS) is 20.3. The van der Waals surface area contributed by atoms with Crippen molar-refractivity contribution in [2.75, 3.05) is 0 Å². The number of ether oxygens (including phenoxy) is 1. The van der Waals surface area contributed by atoms with Crippen molar-refractivity contribution in [2.45, 2.75) is 44.9 Å². The SMILES string of the molecule is CC[C@H]1CC[C@H](c2ccc(OC(=O)c3ccc(F)cc3)c(F)c2)CC1. The Kier molecular flexibility index (Phi) is 5.47. The first kappa shape index (κ1) is 17.6. The van der Waals surface area contributed by atoms with Gasteiger partial charge in [0.05, 0.1) is 5.56 Å². The molecule has 0 heterocycles. The van der Waals surface area contributed by atoms with Crippen molar-refractivity contribution in [3.63, 3.8) is 0 Å². The molecule has 0 saturated heterocycles. The summed E-state index contributed by atoms with van der Waals surface area (Å²) in [7, 11) is 0. The first-order valence-corrected chi connectivity index (χ1v) is 8.84. The summed E-state index contributed by atoms with van der Waals surface area (Å²) in [5.41, 5.74) is 1.15. The van der Waals surface area contributed by atoms with Crippen molar-refractivity contribution in [3.8, 4) is 5.75 Å². The monoisotopic (exact) mass is 344 g/mol. The summed E-state index contributed by atoms with van der Waals surface area (Å²) >= 11 is 0. The summed E-state index contributed by atoms with van der Waals surface area (Å²) in [6.07, 6.45) is 5.73. The fraction of sp³-hybridized carbons (Fsp3) is 0.381. The van der Waals surface area contributed by atoms with Crippen LogP contribution in [0.1, 0.15) is 60.9 Å². The van der Waals surface area contributed by atoms with Crippen molar-refractivity contribution in [1.29, 1.82) is 0 Å². The maximum atomic E-state index is 14.4. The Labute approximate surface area is 146 Å². The van der Waals surface area contributed by atoms with Gasteiger partial charge in [-0.25, -0.2) is 13.6 Å². The molecule has 132 valence electrons. The van der Waals surface area contributed by atoms with Crippen LogP contribution in [-0.2, 0) is 0 Å². The van der Waals surface area contributed by atoms with E-state index >= 15 is 0 Å². The quantitative estimate of drug-likeness (QED) is 0.512. The Morgan fingerprint density at radius 1 is 1.04 bits per heavy atom. The lowest BCUT2D eigenvalue weighted by molar-refractivity contribution is 0.0727. The van der Waals surface area contributed by atoms with Gasteiger partial charge in [-0.1, -0.05) is 19.4 Å². The molecule has 2 aromatic rings. The minimum Gasteiger partial charge on any atom is -0.420 e. The smallest absolute Gasteiger partial charge is 0.343 e. The van der Waals surface area contributed by atoms with Gasteiger partial charge in [-0.2, -0.15) is 0 Å². The van der Waals surface area contributed by atoms with E-state index < -0.39 is 17.6 Å². The van der Waals surface area contributed by atoms with E-state index in [-0.39, 0.29) is 11.3 Å². The van der Waals surface area contributed by atoms with Gasteiger partial charge in [-0.3, -0.25) is 0 Å². The molecule has 2 nitrogen and oxygen atoms in total. The van der Waals surface area contributed by atoms with Crippen LogP contribution in [0.25, 0.3) is 0 Å². The number of esters is 1. The third kappa shape index (κ3) is 4.25. The summed E-state index contributed by atoms with van der Waals surface area (Å²) in [6, 6.07) is 9.80. The molecule has 0 unspecified atom stereocenters. The zero-order chi connectivity index (χ0) is 17.8. The predicted octanol–water partition coefficient (Wildman–Crippen LogP) is 5.87. The number of rotatable bonds is 4. The van der Waals surface area contributed by atoms with E-state index in [1.54, 1.807) is 0 Å². The Balaban J connectivity index is 1.68. The first-order chi connectivity index (χ1) is 12.1. The van der Waals surface area contributed by atoms with E-state index in [9.17, 15) is 13.6 Å². The molecule has 25 heavy (non-hydrogen) atoms. The van der Waals surface area contributed by atoms with Crippen molar-refractivity contribution < 1.29 is 18.3 Å². The number of benzene rings is 2. The lowest BCUT2D eigenvalue weighted by Gasteiger charge is -2.28. The molecular formula is C21H22F2O2. The maximum Gasteiger partial charge on any atom is 0.343 e. The molecule has 0 radical (unpaired) electrons. The van der Waals surface area contributed by atoms with E-state index in [1.165, 1.54) is 55.7 Å². The fourth-order valence-electron chi connectivity index (χ4n) is 3.50. The van der Waals surface area contributed by atoms with Crippen molar-refractivity contribution in [2.24, 2.45) is 5.92 Å². The molecule has 0 amide bonds. The molecule has 0 bridgehead atoms. The summed E-state index contributed by atoms with van der Waals surface area (Å²) < 4.78 is 32.4. The molecule has 0 N–H and O–H groups in total. The molecule has 2 aromatic carbocycles. The molecule has 4 heteroatoms. The topological polar surface area (TPSA) is 26.3 Å². The Morgan fingerprint density at radius 3 is 2.32 bits per heavy atom. The van der Waals surface area contributed by atoms with Crippen LogP contribution >= 0.6 is 0 Å². The fourth-order valence-corrected chi connectivity index (χ4v) is 3.50. The van der Waals surface area contributed by atoms with Crippen molar-refractivity contribution >= 4 is 5.97 Å². The Bertz CT molecular complexity index is 732. The summed E-state index contributed by atoms with van der Waals surface area (Å²) in [5, 5.41) is 0. The van der Waals surface area contributed by atoms with E-state index in [1.807, 2.05) is 6.07 Å². The molecule has 0 aliphatic heterocycles. The van der Waals surface area contributed by atoms with Gasteiger partial charge in [-0.15, -0.1) is 0 Å². The first-order valence-electron chi connectivity index (χ1n) is 8.84. The van der Waals surface area contributed by atoms with Gasteiger partial charge in [0.2, 0.25) is 0 Å². The standard InChI is InChI=1S/C21H22F2O2/c1-2-14-3-5-15(6-4-14)17-9-12-20(19(23)13-17)25-21(24)16-7-10-18(22)11-8-16/h7-15H,2-6H2,1H3/t14-,15-. The summed E-state index contributed by atoms with van der Waals surface area (Å²) in [5.74, 6) is -0.609. The molecule has 1 saturated carbocycles. The lowest BCUT2D eigenvalue weighted by atomic mass is 9.78. The third-order valence-corrected chi connectivity index (χ3v) is 5.13. The van der Waals surface area contributed by atoms with Crippen LogP contribution in [0.2, 0.25) is 0 Å². The minimum absolute atomic E-state index is 0.0969. The number of carbonyl (C=O) groups is 1.